The molecule has 0 spiro atoms. The highest BCUT2D eigenvalue weighted by Gasteiger charge is 2.32. The molecule has 1 heterocycles. The van der Waals surface area contributed by atoms with Gasteiger partial charge in [0.15, 0.2) is 0 Å². The molecule has 0 aromatic heterocycles. The van der Waals surface area contributed by atoms with Crippen LogP contribution in [0.3, 0.4) is 0 Å². The van der Waals surface area contributed by atoms with Gasteiger partial charge in [-0.2, -0.15) is 0 Å². The summed E-state index contributed by atoms with van der Waals surface area (Å²) in [5.41, 5.74) is 7.36. The number of nitrogens with two attached hydrogens (primary N) is 1. The number of halogens is 1. The molecule has 184 valence electrons. The molecule has 4 rings (SSSR count). The van der Waals surface area contributed by atoms with Gasteiger partial charge in [0.05, 0.1) is 5.60 Å². The number of hydrogen-bond donors (Lipinski definition) is 2. The van der Waals surface area contributed by atoms with Crippen molar-refractivity contribution in [1.82, 2.24) is 4.90 Å². The van der Waals surface area contributed by atoms with Crippen LogP contribution in [-0.2, 0) is 11.2 Å². The molecule has 1 aliphatic heterocycles. The summed E-state index contributed by atoms with van der Waals surface area (Å²) in [7, 11) is 2.28. The van der Waals surface area contributed by atoms with Gasteiger partial charge in [-0.3, -0.25) is 4.90 Å². The van der Waals surface area contributed by atoms with Gasteiger partial charge >= 0.3 is 0 Å². The molecule has 1 aromatic carbocycles. The largest absolute Gasteiger partial charge is 0.390 e. The van der Waals surface area contributed by atoms with E-state index in [2.05, 4.69) is 29.8 Å². The van der Waals surface area contributed by atoms with Gasteiger partial charge in [-0.1, -0.05) is 70.0 Å². The molecule has 0 radical (unpaired) electrons. The number of nitrogens with zero attached hydrogens (tertiary/aromatic N) is 1. The van der Waals surface area contributed by atoms with E-state index in [-0.39, 0.29) is 12.1 Å². The normalized spacial score (nSPS) is 22.5. The lowest BCUT2D eigenvalue weighted by Crippen LogP contribution is -2.37. The lowest BCUT2D eigenvalue weighted by Gasteiger charge is -2.41. The molecule has 1 atom stereocenters. The van der Waals surface area contributed by atoms with Crippen LogP contribution >= 0.6 is 11.6 Å². The van der Waals surface area contributed by atoms with Gasteiger partial charge in [-0.25, -0.2) is 0 Å². The van der Waals surface area contributed by atoms with E-state index in [1.54, 1.807) is 0 Å². The Balaban J connectivity index is 0.000000304. The zero-order valence-corrected chi connectivity index (χ0v) is 21.7. The van der Waals surface area contributed by atoms with Crippen LogP contribution in [0.2, 0.25) is 5.02 Å². The molecule has 3 N–H and O–H groups in total. The first-order valence-corrected chi connectivity index (χ1v) is 13.1. The summed E-state index contributed by atoms with van der Waals surface area (Å²) >= 11 is 6.21. The summed E-state index contributed by atoms with van der Waals surface area (Å²) in [5.74, 6) is 0.835. The smallest absolute Gasteiger partial charge is 0.133 e. The second-order valence-electron chi connectivity index (χ2n) is 9.38. The van der Waals surface area contributed by atoms with Crippen molar-refractivity contribution in [2.24, 2.45) is 11.7 Å². The highest BCUT2D eigenvalue weighted by molar-refractivity contribution is 6.30. The molecule has 4 nitrogen and oxygen atoms in total. The molecule has 3 aliphatic rings. The molecular formula is C27H47ClN2O2. The highest BCUT2D eigenvalue weighted by atomic mass is 35.5. The number of likely N-dealkylation sites (N-methyl/N-ethyl adjacent to an activating group) is 1. The number of aliphatic hydroxyl groups is 1. The maximum Gasteiger partial charge on any atom is 0.133 e. The minimum Gasteiger partial charge on any atom is -0.390 e. The topological polar surface area (TPSA) is 66.6 Å². The number of aldehydes is 1. The van der Waals surface area contributed by atoms with Crippen molar-refractivity contribution in [2.45, 2.75) is 103 Å². The third kappa shape index (κ3) is 9.91. The quantitative estimate of drug-likeness (QED) is 0.500. The zero-order chi connectivity index (χ0) is 24.0. The molecule has 0 saturated heterocycles. The van der Waals surface area contributed by atoms with Crippen molar-refractivity contribution in [3.63, 3.8) is 0 Å². The molecule has 5 heteroatoms. The molecule has 1 aromatic rings. The fraction of sp³-hybridized carbons (Fsp3) is 0.741. The molecule has 2 saturated carbocycles. The molecule has 0 bridgehead atoms. The molecule has 0 amide bonds. The van der Waals surface area contributed by atoms with E-state index in [0.717, 1.165) is 23.8 Å². The Labute approximate surface area is 201 Å². The summed E-state index contributed by atoms with van der Waals surface area (Å²) in [6.45, 7) is 7.27. The minimum atomic E-state index is -0.321. The average molecular weight is 467 g/mol. The first-order valence-electron chi connectivity index (χ1n) is 12.7. The number of fused-ring (bicyclic) bond motifs is 1. The van der Waals surface area contributed by atoms with E-state index >= 15 is 0 Å². The first-order chi connectivity index (χ1) is 15.4. The van der Waals surface area contributed by atoms with E-state index < -0.39 is 0 Å². The summed E-state index contributed by atoms with van der Waals surface area (Å²) in [6.07, 6.45) is 14.6. The summed E-state index contributed by atoms with van der Waals surface area (Å²) in [5, 5.41) is 10.3. The van der Waals surface area contributed by atoms with E-state index in [1.165, 1.54) is 75.5 Å². The van der Waals surface area contributed by atoms with Crippen molar-refractivity contribution in [3.05, 3.63) is 34.3 Å². The van der Waals surface area contributed by atoms with Crippen LogP contribution in [0.15, 0.2) is 18.2 Å². The Bertz CT molecular complexity index is 637. The van der Waals surface area contributed by atoms with Crippen molar-refractivity contribution < 1.29 is 9.90 Å². The minimum absolute atomic E-state index is 0.139. The van der Waals surface area contributed by atoms with Crippen LogP contribution in [0.4, 0.5) is 0 Å². The second-order valence-corrected chi connectivity index (χ2v) is 9.81. The van der Waals surface area contributed by atoms with Crippen molar-refractivity contribution in [2.75, 3.05) is 20.1 Å². The van der Waals surface area contributed by atoms with E-state index in [4.69, 9.17) is 16.4 Å². The van der Waals surface area contributed by atoms with Gasteiger partial charge in [0.1, 0.15) is 6.29 Å². The van der Waals surface area contributed by atoms with E-state index in [9.17, 15) is 5.11 Å². The van der Waals surface area contributed by atoms with Gasteiger partial charge in [0, 0.05) is 24.2 Å². The Hall–Kier alpha value is -0.940. The van der Waals surface area contributed by atoms with E-state index in [1.807, 2.05) is 26.8 Å². The number of carbonyl (C=O) groups is 1. The second kappa shape index (κ2) is 15.8. The van der Waals surface area contributed by atoms with Gasteiger partial charge in [0.25, 0.3) is 0 Å². The summed E-state index contributed by atoms with van der Waals surface area (Å²) < 4.78 is 0. The van der Waals surface area contributed by atoms with Crippen LogP contribution in [0.1, 0.15) is 102 Å². The third-order valence-electron chi connectivity index (χ3n) is 6.76. The standard InChI is InChI=1S/C16H22ClN.C7H14O.C2H5NO.C2H6/c1-18-10-9-12-7-8-14(17)11-15(12)16(18)13-5-3-2-4-6-13;1-7(8)5-3-2-4-6-7;3-1-2-4;1-2/h7-8,11,13,16H,2-6,9-10H2,1H3;8H,2-6H2,1H3;2H,1,3H2;1-2H3. The van der Waals surface area contributed by atoms with Crippen molar-refractivity contribution in [1.29, 1.82) is 0 Å². The van der Waals surface area contributed by atoms with Gasteiger partial charge in [0.2, 0.25) is 0 Å². The maximum absolute atomic E-state index is 9.37. The summed E-state index contributed by atoms with van der Waals surface area (Å²) in [6, 6.07) is 7.10. The predicted octanol–water partition coefficient (Wildman–Crippen LogP) is 6.32. The van der Waals surface area contributed by atoms with Crippen LogP contribution in [-0.4, -0.2) is 42.0 Å². The SMILES string of the molecule is CC.CC1(O)CCCCC1.CN1CCc2ccc(Cl)cc2C1C1CCCCC1.NCC=O. The zero-order valence-electron chi connectivity index (χ0n) is 20.9. The molecule has 32 heavy (non-hydrogen) atoms. The van der Waals surface area contributed by atoms with Crippen LogP contribution in [0.25, 0.3) is 0 Å². The molecule has 2 fully saturated rings. The van der Waals surface area contributed by atoms with Crippen molar-refractivity contribution in [3.8, 4) is 0 Å². The van der Waals surface area contributed by atoms with Crippen LogP contribution < -0.4 is 5.73 Å². The Morgan fingerprint density at radius 1 is 1.12 bits per heavy atom. The van der Waals surface area contributed by atoms with Gasteiger partial charge in [-0.15, -0.1) is 0 Å². The fourth-order valence-corrected chi connectivity index (χ4v) is 5.30. The van der Waals surface area contributed by atoms with Crippen molar-refractivity contribution >= 4 is 17.9 Å². The van der Waals surface area contributed by atoms with Crippen LogP contribution in [0, 0.1) is 5.92 Å². The number of hydrogen-bond acceptors (Lipinski definition) is 4. The highest BCUT2D eigenvalue weighted by Crippen LogP contribution is 2.41. The van der Waals surface area contributed by atoms with Gasteiger partial charge < -0.3 is 15.6 Å². The third-order valence-corrected chi connectivity index (χ3v) is 6.99. The first kappa shape index (κ1) is 29.1. The molecule has 1 unspecified atom stereocenters. The number of rotatable bonds is 2. The monoisotopic (exact) mass is 466 g/mol. The fourth-order valence-electron chi connectivity index (χ4n) is 5.12. The average Bonchev–Trinajstić information content (AvgIpc) is 2.81. The molecule has 2 aliphatic carbocycles. The Morgan fingerprint density at radius 3 is 2.19 bits per heavy atom. The van der Waals surface area contributed by atoms with Gasteiger partial charge in [-0.05, 0) is 75.3 Å². The Kier molecular flexibility index (Phi) is 14.4. The lowest BCUT2D eigenvalue weighted by atomic mass is 9.77. The van der Waals surface area contributed by atoms with Crippen LogP contribution in [0.5, 0.6) is 0 Å². The number of benzene rings is 1. The van der Waals surface area contributed by atoms with E-state index in [0.29, 0.717) is 12.3 Å². The maximum atomic E-state index is 9.37. The number of carbonyl (C=O) groups excluding carboxylic acids is 1. The Morgan fingerprint density at radius 2 is 1.69 bits per heavy atom. The predicted molar refractivity (Wildman–Crippen MR) is 137 cm³/mol. The molecular weight excluding hydrogens is 420 g/mol. The lowest BCUT2D eigenvalue weighted by molar-refractivity contribution is -0.106. The summed E-state index contributed by atoms with van der Waals surface area (Å²) in [4.78, 5) is 11.6.